The van der Waals surface area contributed by atoms with Crippen LogP contribution in [0.2, 0.25) is 0 Å². The van der Waals surface area contributed by atoms with E-state index in [0.29, 0.717) is 12.2 Å². The lowest BCUT2D eigenvalue weighted by atomic mass is 9.80. The van der Waals surface area contributed by atoms with Crippen molar-refractivity contribution in [2.45, 2.75) is 71.2 Å². The van der Waals surface area contributed by atoms with Crippen molar-refractivity contribution in [3.05, 3.63) is 23.8 Å². The Bertz CT molecular complexity index is 711. The summed E-state index contributed by atoms with van der Waals surface area (Å²) in [7, 11) is 0. The molecule has 0 radical (unpaired) electrons. The lowest BCUT2D eigenvalue weighted by Crippen LogP contribution is -2.36. The number of allylic oxidation sites excluding steroid dienone is 2. The van der Waals surface area contributed by atoms with Crippen LogP contribution in [0.1, 0.15) is 53.4 Å². The highest BCUT2D eigenvalue weighted by atomic mass is 16.6. The molecule has 31 heavy (non-hydrogen) atoms. The fourth-order valence-electron chi connectivity index (χ4n) is 4.45. The Kier molecular flexibility index (Phi) is 8.82. The number of hydrogen-bond acceptors (Lipinski definition) is 6. The molecular formula is C23H35NO7. The molecule has 0 aromatic rings. The summed E-state index contributed by atoms with van der Waals surface area (Å²) in [6, 6.07) is 0. The third-order valence-electron chi connectivity index (χ3n) is 6.46. The van der Waals surface area contributed by atoms with Gasteiger partial charge in [0.05, 0.1) is 11.5 Å². The Hall–Kier alpha value is -2.19. The summed E-state index contributed by atoms with van der Waals surface area (Å²) in [5.74, 6) is -2.23. The summed E-state index contributed by atoms with van der Waals surface area (Å²) in [5.41, 5.74) is 1.34. The number of hydrogen-bond donors (Lipinski definition) is 2. The number of carboxylic acid groups (broad SMARTS) is 2. The first-order valence-electron chi connectivity index (χ1n) is 11.0. The minimum atomic E-state index is -1.26. The van der Waals surface area contributed by atoms with Gasteiger partial charge in [0, 0.05) is 24.6 Å². The van der Waals surface area contributed by atoms with Crippen molar-refractivity contribution in [3.63, 3.8) is 0 Å². The first kappa shape index (κ1) is 25.1. The highest BCUT2D eigenvalue weighted by molar-refractivity contribution is 5.89. The summed E-state index contributed by atoms with van der Waals surface area (Å²) in [6.45, 7) is 11.5. The van der Waals surface area contributed by atoms with Crippen molar-refractivity contribution in [2.24, 2.45) is 11.8 Å². The number of rotatable bonds is 6. The molecule has 0 amide bonds. The molecule has 2 N–H and O–H groups in total. The van der Waals surface area contributed by atoms with Crippen molar-refractivity contribution < 1.29 is 34.1 Å². The van der Waals surface area contributed by atoms with Crippen LogP contribution in [0, 0.1) is 11.8 Å². The molecule has 2 aliphatic heterocycles. The van der Waals surface area contributed by atoms with Gasteiger partial charge in [0.25, 0.3) is 0 Å². The standard InChI is InChI=1S/C19H31NO3.C4H4O4/c1-5-20(6-2)12-15-14-10-9-13(3)8-7-11-19(4)17(23-19)16(14)22-18(15)21;5-3(6)1-2-4(7)8/h8,14-17H,5-7,9-12H2,1-4H3;1-2H,(H,5,6)(H,7,8)/b;2-1+/t14-,15-,16-,17-,19+;/m0./s1. The summed E-state index contributed by atoms with van der Waals surface area (Å²) < 4.78 is 11.9. The molecule has 0 spiro atoms. The molecule has 2 heterocycles. The Labute approximate surface area is 183 Å². The zero-order chi connectivity index (χ0) is 23.2. The van der Waals surface area contributed by atoms with Crippen LogP contribution in [-0.4, -0.2) is 70.5 Å². The largest absolute Gasteiger partial charge is 0.478 e. The number of carbonyl (C=O) groups excluding carboxylic acids is 1. The maximum Gasteiger partial charge on any atom is 0.328 e. The minimum absolute atomic E-state index is 0.000534. The smallest absolute Gasteiger partial charge is 0.328 e. The van der Waals surface area contributed by atoms with Gasteiger partial charge in [-0.2, -0.15) is 0 Å². The number of epoxide rings is 1. The second-order valence-corrected chi connectivity index (χ2v) is 8.65. The SMILES string of the molecule is CCN(CC)C[C@@H]1C(=O)O[C@H]2[C@H]1CCC(C)=CCC[C@@]1(C)O[C@@H]21.O=C(O)/C=C/C(=O)O. The summed E-state index contributed by atoms with van der Waals surface area (Å²) in [6.07, 6.45) is 7.70. The number of fused-ring (bicyclic) bond motifs is 3. The summed E-state index contributed by atoms with van der Waals surface area (Å²) in [5, 5.41) is 15.6. The van der Waals surface area contributed by atoms with Gasteiger partial charge in [0.2, 0.25) is 0 Å². The van der Waals surface area contributed by atoms with Crippen LogP contribution in [-0.2, 0) is 23.9 Å². The molecule has 5 atom stereocenters. The van der Waals surface area contributed by atoms with Gasteiger partial charge < -0.3 is 24.6 Å². The number of nitrogens with zero attached hydrogens (tertiary/aromatic N) is 1. The molecule has 1 aliphatic carbocycles. The highest BCUT2D eigenvalue weighted by Crippen LogP contribution is 2.50. The first-order valence-corrected chi connectivity index (χ1v) is 11.0. The minimum Gasteiger partial charge on any atom is -0.478 e. The molecule has 0 saturated carbocycles. The molecule has 0 aromatic carbocycles. The monoisotopic (exact) mass is 437 g/mol. The van der Waals surface area contributed by atoms with Crippen molar-refractivity contribution in [1.29, 1.82) is 0 Å². The van der Waals surface area contributed by atoms with E-state index in [1.54, 1.807) is 0 Å². The van der Waals surface area contributed by atoms with E-state index in [9.17, 15) is 14.4 Å². The van der Waals surface area contributed by atoms with Gasteiger partial charge in [-0.15, -0.1) is 0 Å². The number of esters is 1. The number of carbonyl (C=O) groups is 3. The Morgan fingerprint density at radius 1 is 1.23 bits per heavy atom. The Morgan fingerprint density at radius 3 is 2.39 bits per heavy atom. The molecule has 3 aliphatic rings. The average Bonchev–Trinajstić information content (AvgIpc) is 3.28. The van der Waals surface area contributed by atoms with E-state index >= 15 is 0 Å². The average molecular weight is 438 g/mol. The van der Waals surface area contributed by atoms with E-state index in [-0.39, 0.29) is 35.6 Å². The predicted octanol–water partition coefficient (Wildman–Crippen LogP) is 2.88. The zero-order valence-corrected chi connectivity index (χ0v) is 18.9. The lowest BCUT2D eigenvalue weighted by molar-refractivity contribution is -0.145. The van der Waals surface area contributed by atoms with Crippen molar-refractivity contribution in [1.82, 2.24) is 4.90 Å². The van der Waals surface area contributed by atoms with Gasteiger partial charge in [-0.3, -0.25) is 4.79 Å². The van der Waals surface area contributed by atoms with Crippen LogP contribution in [0.4, 0.5) is 0 Å². The van der Waals surface area contributed by atoms with Crippen LogP contribution in [0.15, 0.2) is 23.8 Å². The van der Waals surface area contributed by atoms with Crippen LogP contribution in [0.3, 0.4) is 0 Å². The quantitative estimate of drug-likeness (QED) is 0.282. The second-order valence-electron chi connectivity index (χ2n) is 8.65. The molecule has 174 valence electrons. The number of carboxylic acids is 2. The maximum atomic E-state index is 12.5. The Balaban J connectivity index is 0.000000366. The molecule has 0 bridgehead atoms. The van der Waals surface area contributed by atoms with Crippen molar-refractivity contribution in [2.75, 3.05) is 19.6 Å². The summed E-state index contributed by atoms with van der Waals surface area (Å²) >= 11 is 0. The third-order valence-corrected chi connectivity index (χ3v) is 6.46. The predicted molar refractivity (Wildman–Crippen MR) is 115 cm³/mol. The maximum absolute atomic E-state index is 12.5. The van der Waals surface area contributed by atoms with Gasteiger partial charge in [0.1, 0.15) is 12.2 Å². The molecular weight excluding hydrogens is 402 g/mol. The fourth-order valence-corrected chi connectivity index (χ4v) is 4.45. The highest BCUT2D eigenvalue weighted by Gasteiger charge is 2.62. The van der Waals surface area contributed by atoms with Gasteiger partial charge >= 0.3 is 17.9 Å². The van der Waals surface area contributed by atoms with E-state index in [1.807, 2.05) is 0 Å². The topological polar surface area (TPSA) is 117 Å². The lowest BCUT2D eigenvalue weighted by Gasteiger charge is -2.26. The van der Waals surface area contributed by atoms with E-state index < -0.39 is 11.9 Å². The molecule has 3 rings (SSSR count). The Morgan fingerprint density at radius 2 is 1.84 bits per heavy atom. The molecule has 8 nitrogen and oxygen atoms in total. The molecule has 2 saturated heterocycles. The van der Waals surface area contributed by atoms with E-state index in [4.69, 9.17) is 19.7 Å². The van der Waals surface area contributed by atoms with Crippen LogP contribution >= 0.6 is 0 Å². The number of aliphatic carboxylic acids is 2. The van der Waals surface area contributed by atoms with Gasteiger partial charge in [-0.25, -0.2) is 9.59 Å². The number of ether oxygens (including phenoxy) is 2. The van der Waals surface area contributed by atoms with Gasteiger partial charge in [-0.1, -0.05) is 25.5 Å². The van der Waals surface area contributed by atoms with Crippen LogP contribution in [0.25, 0.3) is 0 Å². The zero-order valence-electron chi connectivity index (χ0n) is 18.9. The fraction of sp³-hybridized carbons (Fsp3) is 0.696. The normalized spacial score (nSPS) is 32.3. The molecule has 0 unspecified atom stereocenters. The first-order chi connectivity index (χ1) is 14.6. The van der Waals surface area contributed by atoms with E-state index in [1.165, 1.54) is 5.57 Å². The van der Waals surface area contributed by atoms with E-state index in [2.05, 4.69) is 38.7 Å². The molecule has 0 aromatic heterocycles. The van der Waals surface area contributed by atoms with Crippen molar-refractivity contribution in [3.8, 4) is 0 Å². The van der Waals surface area contributed by atoms with Crippen LogP contribution < -0.4 is 0 Å². The van der Waals surface area contributed by atoms with Gasteiger partial charge in [-0.05, 0) is 52.6 Å². The van der Waals surface area contributed by atoms with Crippen molar-refractivity contribution >= 4 is 17.9 Å². The molecule has 8 heteroatoms. The molecule has 2 fully saturated rings. The van der Waals surface area contributed by atoms with Crippen LogP contribution in [0.5, 0.6) is 0 Å². The third kappa shape index (κ3) is 6.90. The van der Waals surface area contributed by atoms with Gasteiger partial charge in [0.15, 0.2) is 0 Å². The second kappa shape index (κ2) is 10.9. The van der Waals surface area contributed by atoms with E-state index in [0.717, 1.165) is 45.3 Å². The summed E-state index contributed by atoms with van der Waals surface area (Å²) in [4.78, 5) is 34.0.